The smallest absolute Gasteiger partial charge is 0.303 e. The molecule has 2 saturated heterocycles. The lowest BCUT2D eigenvalue weighted by Crippen LogP contribution is -2.62. The van der Waals surface area contributed by atoms with Gasteiger partial charge in [0.1, 0.15) is 24.4 Å². The molecule has 3 aromatic rings. The Kier molecular flexibility index (Phi) is 14.1. The summed E-state index contributed by atoms with van der Waals surface area (Å²) in [7, 11) is 0. The van der Waals surface area contributed by atoms with Gasteiger partial charge in [-0.2, -0.15) is 0 Å². The zero-order valence-corrected chi connectivity index (χ0v) is 28.7. The first-order valence-electron chi connectivity index (χ1n) is 16.7. The fourth-order valence-electron chi connectivity index (χ4n) is 5.94. The quantitative estimate of drug-likeness (QED) is 0.181. The van der Waals surface area contributed by atoms with Crippen LogP contribution in [0.3, 0.4) is 0 Å². The molecule has 5 rings (SSSR count). The number of ether oxygens (including phenoxy) is 9. The molecule has 2 aliphatic heterocycles. The number of carbonyl (C=O) groups is 3. The van der Waals surface area contributed by atoms with Crippen molar-refractivity contribution in [3.05, 3.63) is 108 Å². The predicted octanol–water partition coefficient (Wildman–Crippen LogP) is 3.63. The van der Waals surface area contributed by atoms with E-state index < -0.39 is 73.2 Å². The summed E-state index contributed by atoms with van der Waals surface area (Å²) in [5.74, 6) is -2.04. The van der Waals surface area contributed by atoms with Gasteiger partial charge < -0.3 is 47.7 Å². The Balaban J connectivity index is 1.40. The topological polar surface area (TPSA) is 155 Å². The fraction of sp³-hybridized carbons (Fsp3) is 0.447. The van der Waals surface area contributed by atoms with Gasteiger partial charge in [-0.05, 0) is 16.7 Å². The molecule has 9 atom stereocenters. The van der Waals surface area contributed by atoms with Crippen LogP contribution >= 0.6 is 0 Å². The zero-order valence-electron chi connectivity index (χ0n) is 28.7. The highest BCUT2D eigenvalue weighted by molar-refractivity contribution is 5.68. The lowest BCUT2D eigenvalue weighted by atomic mass is 9.97. The van der Waals surface area contributed by atoms with Crippen LogP contribution in [0.5, 0.6) is 0 Å². The second-order valence-corrected chi connectivity index (χ2v) is 12.2. The van der Waals surface area contributed by atoms with Crippen LogP contribution in [-0.2, 0) is 76.8 Å². The van der Waals surface area contributed by atoms with E-state index in [1.54, 1.807) is 0 Å². The Labute approximate surface area is 296 Å². The number of hydrogen-bond acceptors (Lipinski definition) is 13. The number of aliphatic hydroxyl groups is 1. The molecule has 13 heteroatoms. The zero-order chi connectivity index (χ0) is 36.2. The van der Waals surface area contributed by atoms with Crippen molar-refractivity contribution >= 4 is 17.9 Å². The van der Waals surface area contributed by atoms with Crippen LogP contribution in [0.15, 0.2) is 91.0 Å². The fourth-order valence-corrected chi connectivity index (χ4v) is 5.94. The van der Waals surface area contributed by atoms with Gasteiger partial charge in [0.2, 0.25) is 0 Å². The summed E-state index contributed by atoms with van der Waals surface area (Å²) >= 11 is 0. The molecule has 0 spiro atoms. The average molecular weight is 709 g/mol. The molecule has 2 heterocycles. The molecule has 1 N–H and O–H groups in total. The van der Waals surface area contributed by atoms with E-state index in [2.05, 4.69) is 0 Å². The van der Waals surface area contributed by atoms with E-state index in [-0.39, 0.29) is 33.0 Å². The van der Waals surface area contributed by atoms with E-state index in [4.69, 9.17) is 42.6 Å². The van der Waals surface area contributed by atoms with Crippen LogP contribution in [-0.4, -0.2) is 91.5 Å². The van der Waals surface area contributed by atoms with E-state index in [0.29, 0.717) is 0 Å². The summed E-state index contributed by atoms with van der Waals surface area (Å²) in [5, 5.41) is 11.4. The summed E-state index contributed by atoms with van der Waals surface area (Å²) in [4.78, 5) is 36.0. The third-order valence-electron chi connectivity index (χ3n) is 8.19. The molecular formula is C38H44O13. The number of esters is 3. The van der Waals surface area contributed by atoms with Gasteiger partial charge in [-0.1, -0.05) is 91.0 Å². The van der Waals surface area contributed by atoms with Gasteiger partial charge in [-0.3, -0.25) is 14.4 Å². The molecule has 2 fully saturated rings. The van der Waals surface area contributed by atoms with Crippen molar-refractivity contribution in [2.45, 2.75) is 95.9 Å². The Morgan fingerprint density at radius 3 is 1.53 bits per heavy atom. The third kappa shape index (κ3) is 11.1. The van der Waals surface area contributed by atoms with Crippen LogP contribution in [0, 0.1) is 0 Å². The summed E-state index contributed by atoms with van der Waals surface area (Å²) < 4.78 is 53.7. The van der Waals surface area contributed by atoms with Crippen LogP contribution in [0.2, 0.25) is 0 Å². The number of hydrogen-bond donors (Lipinski definition) is 1. The molecule has 0 radical (unpaired) electrons. The van der Waals surface area contributed by atoms with E-state index in [1.165, 1.54) is 20.8 Å². The molecular weight excluding hydrogens is 664 g/mol. The highest BCUT2D eigenvalue weighted by atomic mass is 16.7. The number of aliphatic hydroxyl groups excluding tert-OH is 1. The lowest BCUT2D eigenvalue weighted by molar-refractivity contribution is -0.331. The summed E-state index contributed by atoms with van der Waals surface area (Å²) in [6, 6.07) is 28.6. The standard InChI is InChI=1S/C38H44O13/c1-24(39)48-31-23-47-38(36(50-26(3)41)33(31)49-25(2)40)46-22-30-32(43-19-27-13-7-4-8-14-27)34(44-20-28-15-9-5-10-16-28)35(37(42)51-30)45-21-29-17-11-6-12-18-29/h4-18,30-38,42H,19-23H2,1-3H3/t30-,31+,32-,33+,34+,35-,36-,37+,38+/m1/s1. The van der Waals surface area contributed by atoms with Crippen molar-refractivity contribution in [1.82, 2.24) is 0 Å². The maximum absolute atomic E-state index is 12.2. The van der Waals surface area contributed by atoms with Gasteiger partial charge in [0, 0.05) is 20.8 Å². The monoisotopic (exact) mass is 708 g/mol. The summed E-state index contributed by atoms with van der Waals surface area (Å²) in [6.45, 7) is 3.61. The molecule has 51 heavy (non-hydrogen) atoms. The van der Waals surface area contributed by atoms with Gasteiger partial charge >= 0.3 is 17.9 Å². The van der Waals surface area contributed by atoms with E-state index in [9.17, 15) is 19.5 Å². The van der Waals surface area contributed by atoms with Gasteiger partial charge in [-0.15, -0.1) is 0 Å². The Hall–Kier alpha value is -4.21. The van der Waals surface area contributed by atoms with Crippen LogP contribution in [0.25, 0.3) is 0 Å². The first-order chi connectivity index (χ1) is 24.7. The third-order valence-corrected chi connectivity index (χ3v) is 8.19. The summed E-state index contributed by atoms with van der Waals surface area (Å²) in [5.41, 5.74) is 2.67. The highest BCUT2D eigenvalue weighted by Crippen LogP contribution is 2.32. The Morgan fingerprint density at radius 2 is 1.04 bits per heavy atom. The van der Waals surface area contributed by atoms with Crippen molar-refractivity contribution < 1.29 is 62.1 Å². The molecule has 0 saturated carbocycles. The van der Waals surface area contributed by atoms with Crippen LogP contribution in [0.1, 0.15) is 37.5 Å². The molecule has 0 amide bonds. The first kappa shape index (κ1) is 38.0. The van der Waals surface area contributed by atoms with E-state index in [0.717, 1.165) is 16.7 Å². The van der Waals surface area contributed by atoms with Crippen molar-refractivity contribution in [1.29, 1.82) is 0 Å². The molecule has 13 nitrogen and oxygen atoms in total. The van der Waals surface area contributed by atoms with E-state index in [1.807, 2.05) is 91.0 Å². The SMILES string of the molecule is CC(=O)O[C@@H]1[C@@H](OC(C)=O)[C@@H](OC[C@H]2O[C@H](O)[C@H](OCc3ccccc3)[C@@H](OCc3ccccc3)[C@@H]2OCc2ccccc2)OC[C@@H]1OC(C)=O. The highest BCUT2D eigenvalue weighted by Gasteiger charge is 2.51. The van der Waals surface area contributed by atoms with Gasteiger partial charge in [0.15, 0.2) is 30.9 Å². The molecule has 274 valence electrons. The average Bonchev–Trinajstić information content (AvgIpc) is 3.11. The van der Waals surface area contributed by atoms with Crippen LogP contribution < -0.4 is 0 Å². The largest absolute Gasteiger partial charge is 0.456 e. The minimum Gasteiger partial charge on any atom is -0.456 e. The lowest BCUT2D eigenvalue weighted by Gasteiger charge is -2.45. The number of rotatable bonds is 15. The molecule has 2 aliphatic rings. The molecule has 0 aliphatic carbocycles. The van der Waals surface area contributed by atoms with Gasteiger partial charge in [0.25, 0.3) is 0 Å². The summed E-state index contributed by atoms with van der Waals surface area (Å²) in [6.07, 6.45) is -9.98. The Morgan fingerprint density at radius 1 is 0.588 bits per heavy atom. The molecule has 3 aromatic carbocycles. The maximum atomic E-state index is 12.2. The molecule has 0 bridgehead atoms. The second kappa shape index (κ2) is 18.9. The minimum absolute atomic E-state index is 0.171. The molecule has 0 unspecified atom stereocenters. The number of carbonyl (C=O) groups excluding carboxylic acids is 3. The normalized spacial score (nSPS) is 27.6. The van der Waals surface area contributed by atoms with Crippen molar-refractivity contribution in [2.24, 2.45) is 0 Å². The van der Waals surface area contributed by atoms with Crippen LogP contribution in [0.4, 0.5) is 0 Å². The first-order valence-corrected chi connectivity index (χ1v) is 16.7. The Bertz CT molecular complexity index is 1520. The van der Waals surface area contributed by atoms with Crippen molar-refractivity contribution in [3.8, 4) is 0 Å². The minimum atomic E-state index is -1.46. The number of benzene rings is 3. The van der Waals surface area contributed by atoms with E-state index >= 15 is 0 Å². The van der Waals surface area contributed by atoms with Gasteiger partial charge in [0.05, 0.1) is 33.0 Å². The maximum Gasteiger partial charge on any atom is 0.303 e. The van der Waals surface area contributed by atoms with Crippen molar-refractivity contribution in [2.75, 3.05) is 13.2 Å². The second-order valence-electron chi connectivity index (χ2n) is 12.2. The predicted molar refractivity (Wildman–Crippen MR) is 178 cm³/mol. The molecule has 0 aromatic heterocycles. The van der Waals surface area contributed by atoms with Crippen molar-refractivity contribution in [3.63, 3.8) is 0 Å². The van der Waals surface area contributed by atoms with Gasteiger partial charge in [-0.25, -0.2) is 0 Å².